The van der Waals surface area contributed by atoms with E-state index in [4.69, 9.17) is 9.47 Å². The predicted octanol–water partition coefficient (Wildman–Crippen LogP) is 6.02. The molecule has 3 rings (SSSR count). The zero-order valence-corrected chi connectivity index (χ0v) is 17.2. The van der Waals surface area contributed by atoms with Crippen molar-refractivity contribution in [1.29, 1.82) is 0 Å². The van der Waals surface area contributed by atoms with Gasteiger partial charge in [0.15, 0.2) is 11.5 Å². The molecule has 27 heavy (non-hydrogen) atoms. The minimum atomic E-state index is -0.269. The van der Waals surface area contributed by atoms with Crippen LogP contribution in [0.3, 0.4) is 0 Å². The zero-order chi connectivity index (χ0) is 19.1. The fraction of sp³-hybridized carbons (Fsp3) is 0.182. The van der Waals surface area contributed by atoms with Crippen LogP contribution in [0.2, 0.25) is 0 Å². The molecule has 5 heteroatoms. The van der Waals surface area contributed by atoms with E-state index in [2.05, 4.69) is 34.0 Å². The predicted molar refractivity (Wildman–Crippen MR) is 115 cm³/mol. The summed E-state index contributed by atoms with van der Waals surface area (Å²) < 4.78 is 26.5. The van der Waals surface area contributed by atoms with Crippen molar-refractivity contribution < 1.29 is 13.9 Å². The van der Waals surface area contributed by atoms with E-state index in [0.29, 0.717) is 30.2 Å². The summed E-state index contributed by atoms with van der Waals surface area (Å²) in [7, 11) is 0. The normalized spacial score (nSPS) is 10.5. The highest BCUT2D eigenvalue weighted by atomic mass is 127. The van der Waals surface area contributed by atoms with E-state index < -0.39 is 0 Å². The van der Waals surface area contributed by atoms with E-state index in [1.807, 2.05) is 43.3 Å². The maximum atomic E-state index is 13.8. The van der Waals surface area contributed by atoms with Crippen molar-refractivity contribution >= 4 is 28.3 Å². The summed E-state index contributed by atoms with van der Waals surface area (Å²) in [5.74, 6) is 1.05. The van der Waals surface area contributed by atoms with Crippen LogP contribution in [0.5, 0.6) is 11.5 Å². The van der Waals surface area contributed by atoms with Gasteiger partial charge in [0.2, 0.25) is 0 Å². The van der Waals surface area contributed by atoms with Crippen LogP contribution in [0.4, 0.5) is 10.1 Å². The first kappa shape index (κ1) is 19.5. The number of anilines is 1. The number of hydrogen-bond acceptors (Lipinski definition) is 3. The molecule has 0 unspecified atom stereocenters. The molecule has 0 aromatic heterocycles. The van der Waals surface area contributed by atoms with Gasteiger partial charge in [-0.05, 0) is 65.4 Å². The Labute approximate surface area is 172 Å². The molecule has 0 saturated carbocycles. The van der Waals surface area contributed by atoms with Gasteiger partial charge < -0.3 is 14.8 Å². The number of hydrogen-bond donors (Lipinski definition) is 1. The zero-order valence-electron chi connectivity index (χ0n) is 15.0. The molecule has 0 fully saturated rings. The van der Waals surface area contributed by atoms with Gasteiger partial charge in [0, 0.05) is 17.8 Å². The Balaban J connectivity index is 1.76. The SMILES string of the molecule is CCOc1cc(CNc2ccccc2)cc(I)c1OCc1ccccc1F. The Morgan fingerprint density at radius 1 is 0.963 bits per heavy atom. The molecule has 140 valence electrons. The Bertz CT molecular complexity index is 887. The first-order valence-corrected chi connectivity index (χ1v) is 9.85. The smallest absolute Gasteiger partial charge is 0.174 e. The van der Waals surface area contributed by atoms with Crippen LogP contribution >= 0.6 is 22.6 Å². The summed E-state index contributed by atoms with van der Waals surface area (Å²) in [6.07, 6.45) is 0. The fourth-order valence-corrected chi connectivity index (χ4v) is 3.47. The van der Waals surface area contributed by atoms with Gasteiger partial charge in [0.25, 0.3) is 0 Å². The molecular weight excluding hydrogens is 456 g/mol. The molecule has 0 amide bonds. The molecule has 0 aliphatic heterocycles. The lowest BCUT2D eigenvalue weighted by atomic mass is 10.2. The van der Waals surface area contributed by atoms with Gasteiger partial charge in [0.1, 0.15) is 12.4 Å². The van der Waals surface area contributed by atoms with Gasteiger partial charge in [-0.25, -0.2) is 4.39 Å². The van der Waals surface area contributed by atoms with Gasteiger partial charge >= 0.3 is 0 Å². The average molecular weight is 477 g/mol. The van der Waals surface area contributed by atoms with Gasteiger partial charge in [0.05, 0.1) is 10.2 Å². The molecule has 0 aliphatic carbocycles. The number of nitrogens with one attached hydrogen (secondary N) is 1. The van der Waals surface area contributed by atoms with E-state index in [0.717, 1.165) is 14.8 Å². The van der Waals surface area contributed by atoms with Crippen molar-refractivity contribution in [3.8, 4) is 11.5 Å². The molecule has 0 saturated heterocycles. The van der Waals surface area contributed by atoms with Crippen LogP contribution in [-0.2, 0) is 13.2 Å². The minimum absolute atomic E-state index is 0.157. The molecule has 0 atom stereocenters. The number of rotatable bonds is 8. The lowest BCUT2D eigenvalue weighted by Crippen LogP contribution is -2.05. The van der Waals surface area contributed by atoms with Crippen LogP contribution in [-0.4, -0.2) is 6.61 Å². The van der Waals surface area contributed by atoms with E-state index in [9.17, 15) is 4.39 Å². The topological polar surface area (TPSA) is 30.5 Å². The highest BCUT2D eigenvalue weighted by molar-refractivity contribution is 14.1. The summed E-state index contributed by atoms with van der Waals surface area (Å²) in [6.45, 7) is 3.29. The lowest BCUT2D eigenvalue weighted by molar-refractivity contribution is 0.264. The molecule has 3 aromatic carbocycles. The van der Waals surface area contributed by atoms with E-state index in [1.165, 1.54) is 6.07 Å². The average Bonchev–Trinajstić information content (AvgIpc) is 2.68. The number of halogens is 2. The van der Waals surface area contributed by atoms with Gasteiger partial charge in [-0.3, -0.25) is 0 Å². The maximum absolute atomic E-state index is 13.8. The molecule has 0 aliphatic rings. The minimum Gasteiger partial charge on any atom is -0.490 e. The number of ether oxygens (including phenoxy) is 2. The third-order valence-electron chi connectivity index (χ3n) is 3.97. The second-order valence-corrected chi connectivity index (χ2v) is 7.10. The molecule has 3 nitrogen and oxygen atoms in total. The quantitative estimate of drug-likeness (QED) is 0.403. The summed E-state index contributed by atoms with van der Waals surface area (Å²) in [5, 5.41) is 3.39. The van der Waals surface area contributed by atoms with Crippen LogP contribution in [0.25, 0.3) is 0 Å². The van der Waals surface area contributed by atoms with Gasteiger partial charge in [-0.15, -0.1) is 0 Å². The summed E-state index contributed by atoms with van der Waals surface area (Å²) in [4.78, 5) is 0. The Kier molecular flexibility index (Phi) is 6.92. The van der Waals surface area contributed by atoms with E-state index >= 15 is 0 Å². The van der Waals surface area contributed by atoms with Crippen molar-refractivity contribution in [2.75, 3.05) is 11.9 Å². The summed E-state index contributed by atoms with van der Waals surface area (Å²) in [5.41, 5.74) is 2.67. The van der Waals surface area contributed by atoms with Gasteiger partial charge in [-0.2, -0.15) is 0 Å². The van der Waals surface area contributed by atoms with E-state index in [1.54, 1.807) is 18.2 Å². The van der Waals surface area contributed by atoms with Crippen molar-refractivity contribution in [2.45, 2.75) is 20.1 Å². The molecule has 1 N–H and O–H groups in total. The van der Waals surface area contributed by atoms with Crippen LogP contribution < -0.4 is 14.8 Å². The van der Waals surface area contributed by atoms with Crippen molar-refractivity contribution in [2.24, 2.45) is 0 Å². The monoisotopic (exact) mass is 477 g/mol. The fourth-order valence-electron chi connectivity index (χ4n) is 2.65. The summed E-state index contributed by atoms with van der Waals surface area (Å²) >= 11 is 2.23. The second-order valence-electron chi connectivity index (χ2n) is 5.94. The van der Waals surface area contributed by atoms with Crippen LogP contribution in [0, 0.1) is 9.39 Å². The first-order chi connectivity index (χ1) is 13.2. The van der Waals surface area contributed by atoms with Crippen LogP contribution in [0.15, 0.2) is 66.7 Å². The first-order valence-electron chi connectivity index (χ1n) is 8.77. The Hall–Kier alpha value is -2.28. The third-order valence-corrected chi connectivity index (χ3v) is 4.77. The third kappa shape index (κ3) is 5.35. The standard InChI is InChI=1S/C22H21FINO2/c1-2-26-21-13-16(14-25-18-9-4-3-5-10-18)12-20(24)22(21)27-15-17-8-6-7-11-19(17)23/h3-13,25H,2,14-15H2,1H3. The number of benzene rings is 3. The molecule has 0 bridgehead atoms. The molecule has 0 heterocycles. The second kappa shape index (κ2) is 9.60. The maximum Gasteiger partial charge on any atom is 0.174 e. The van der Waals surface area contributed by atoms with Gasteiger partial charge in [-0.1, -0.05) is 36.4 Å². The highest BCUT2D eigenvalue weighted by Gasteiger charge is 2.13. The molecular formula is C22H21FINO2. The highest BCUT2D eigenvalue weighted by Crippen LogP contribution is 2.35. The molecule has 3 aromatic rings. The Morgan fingerprint density at radius 3 is 2.44 bits per heavy atom. The molecule has 0 radical (unpaired) electrons. The molecule has 0 spiro atoms. The summed E-state index contributed by atoms with van der Waals surface area (Å²) in [6, 6.07) is 20.7. The lowest BCUT2D eigenvalue weighted by Gasteiger charge is -2.16. The largest absolute Gasteiger partial charge is 0.490 e. The Morgan fingerprint density at radius 2 is 1.70 bits per heavy atom. The van der Waals surface area contributed by atoms with Crippen LogP contribution in [0.1, 0.15) is 18.1 Å². The van der Waals surface area contributed by atoms with Crippen molar-refractivity contribution in [1.82, 2.24) is 0 Å². The van der Waals surface area contributed by atoms with Crippen molar-refractivity contribution in [3.63, 3.8) is 0 Å². The number of para-hydroxylation sites is 1. The van der Waals surface area contributed by atoms with Crippen molar-refractivity contribution in [3.05, 3.63) is 87.2 Å². The van der Waals surface area contributed by atoms with E-state index in [-0.39, 0.29) is 12.4 Å².